The number of nitrogens with two attached hydrogens (primary N) is 2. The van der Waals surface area contributed by atoms with E-state index >= 15 is 0 Å². The molecule has 28 heteroatoms. The molecule has 5 N–H and O–H groups in total. The SMILES string of the molecule is CC(C)(C)OC(=O)N1CC[C@@H](n2c(C#N)c(-c3ccc(Oc4ccccc4)cc3)c3c(N)ncnc32)C1.CCCN(C/C=C/C(=O)N1CC[C@@H](n2c(C#N)c(-c3ccc(Oc4ccccc4)cc3)c3c(N)ncnc32)C1)CCOC.COCCN(C/C=C/C(=O)O)CCOC.O=CC(F)(F)F.[2H]CC. The molecule has 2 atom stereocenters. The summed E-state index contributed by atoms with van der Waals surface area (Å²) in [4.78, 5) is 70.1. The Morgan fingerprint density at radius 3 is 1.41 bits per heavy atom. The van der Waals surface area contributed by atoms with E-state index in [0.717, 1.165) is 61.3 Å². The number of halogens is 3. The molecule has 2 amide bonds. The number of benzene rings is 4. The highest BCUT2D eigenvalue weighted by atomic mass is 19.4. The first-order valence-electron chi connectivity index (χ1n) is 34.0. The van der Waals surface area contributed by atoms with Crippen molar-refractivity contribution in [2.75, 3.05) is 118 Å². The normalized spacial score (nSPS) is 14.3. The summed E-state index contributed by atoms with van der Waals surface area (Å²) in [5.41, 5.74) is 17.1. The lowest BCUT2D eigenvalue weighted by atomic mass is 10.0. The zero-order chi connectivity index (χ0) is 75.8. The molecular weight excluding hydrogens is 1330 g/mol. The van der Waals surface area contributed by atoms with E-state index in [2.05, 4.69) is 48.8 Å². The number of likely N-dealkylation sites (tertiary alicyclic amines) is 2. The largest absolute Gasteiger partial charge is 0.478 e. The van der Waals surface area contributed by atoms with Crippen LogP contribution in [0.4, 0.5) is 29.6 Å². The molecule has 103 heavy (non-hydrogen) atoms. The number of aldehydes is 1. The highest BCUT2D eigenvalue weighted by Gasteiger charge is 2.36. The number of amides is 2. The number of carbonyl (C=O) groups is 4. The lowest BCUT2D eigenvalue weighted by Crippen LogP contribution is -2.35. The highest BCUT2D eigenvalue weighted by molar-refractivity contribution is 6.04. The minimum Gasteiger partial charge on any atom is -0.478 e. The second-order valence-corrected chi connectivity index (χ2v) is 24.2. The van der Waals surface area contributed by atoms with Crippen LogP contribution in [0.25, 0.3) is 44.3 Å². The number of methoxy groups -OCH3 is 3. The molecule has 6 heterocycles. The molecule has 0 aliphatic carbocycles. The number of nitrogens with zero attached hydrogens (tertiary/aromatic N) is 12. The van der Waals surface area contributed by atoms with Gasteiger partial charge in [0.05, 0.1) is 42.7 Å². The minimum atomic E-state index is -4.64. The number of rotatable bonds is 25. The van der Waals surface area contributed by atoms with Gasteiger partial charge in [0.15, 0.2) is 0 Å². The number of aromatic nitrogens is 6. The number of fused-ring (bicyclic) bond motifs is 2. The van der Waals surface area contributed by atoms with Gasteiger partial charge in [0.2, 0.25) is 12.2 Å². The number of carbonyl (C=O) groups excluding carboxylic acids is 3. The molecule has 2 aliphatic heterocycles. The van der Waals surface area contributed by atoms with Crippen LogP contribution in [-0.2, 0) is 33.3 Å². The third-order valence-electron chi connectivity index (χ3n) is 15.9. The number of nitrogen functional groups attached to an aromatic ring is 2. The van der Waals surface area contributed by atoms with Crippen LogP contribution in [0, 0.1) is 22.7 Å². The number of carboxylic acids is 1. The van der Waals surface area contributed by atoms with Crippen molar-refractivity contribution in [3.8, 4) is 57.4 Å². The first-order valence-corrected chi connectivity index (χ1v) is 33.3. The van der Waals surface area contributed by atoms with Gasteiger partial charge >= 0.3 is 18.2 Å². The van der Waals surface area contributed by atoms with Gasteiger partial charge in [-0.3, -0.25) is 19.4 Å². The van der Waals surface area contributed by atoms with Gasteiger partial charge in [-0.15, -0.1) is 0 Å². The molecule has 2 fully saturated rings. The number of nitriles is 2. The maximum Gasteiger partial charge on any atom is 0.446 e. The zero-order valence-corrected chi connectivity index (χ0v) is 59.3. The van der Waals surface area contributed by atoms with E-state index in [9.17, 15) is 38.1 Å². The molecule has 4 aromatic carbocycles. The molecule has 0 radical (unpaired) electrons. The fourth-order valence-corrected chi connectivity index (χ4v) is 11.3. The van der Waals surface area contributed by atoms with Crippen LogP contribution in [0.3, 0.4) is 0 Å². The van der Waals surface area contributed by atoms with Crippen molar-refractivity contribution in [3.63, 3.8) is 0 Å². The summed E-state index contributed by atoms with van der Waals surface area (Å²) in [5, 5.41) is 30.4. The van der Waals surface area contributed by atoms with E-state index in [-0.39, 0.29) is 24.1 Å². The minimum absolute atomic E-state index is 0.0379. The van der Waals surface area contributed by atoms with E-state index in [0.29, 0.717) is 147 Å². The van der Waals surface area contributed by atoms with Crippen LogP contribution < -0.4 is 20.9 Å². The number of hydrogen-bond donors (Lipinski definition) is 3. The molecule has 2 saturated heterocycles. The standard InChI is InChI=1S/C33H37N7O3.C28H28N6O3.C10H19NO4.C2HF3O.C2H6/c1-3-16-38(19-20-42-2)17-7-10-29(41)39-18-15-25(22-39)40-28(21-34)30(31-32(35)36-23-37-33(31)40)24-11-13-27(14-12-24)43-26-8-5-4-6-9-26;1-28(2,3)37-27(35)33-14-13-19(16-33)34-22(15-29)23(24-25(30)31-17-32-26(24)34)18-9-11-21(12-10-18)36-20-7-5-4-6-8-20;1-14-8-6-11(7-9-15-2)5-3-4-10(12)13;3-2(4,5)1-6;1-2/h4-14,23,25H,3,15-20,22H2,1-2H3,(H2,35,36,37);4-12,17,19H,13-14,16H2,1-3H3,(H2,30,31,32);3-4H,5-9H2,1-2H3,(H,12,13);1H;1-2H3/b10-7+;;4-3+;;/t25-;19-;;;/m11.../s1/i;;;;1D. The van der Waals surface area contributed by atoms with Gasteiger partial charge in [-0.05, 0) is 106 Å². The van der Waals surface area contributed by atoms with Gasteiger partial charge in [0, 0.05) is 105 Å². The van der Waals surface area contributed by atoms with Crippen LogP contribution in [0.2, 0.25) is 0 Å². The molecule has 0 unspecified atom stereocenters. The molecule has 2 aliphatic rings. The number of carboxylic acid groups (broad SMARTS) is 1. The summed E-state index contributed by atoms with van der Waals surface area (Å²) in [5.74, 6) is 2.46. The lowest BCUT2D eigenvalue weighted by molar-refractivity contribution is -0.156. The molecule has 548 valence electrons. The van der Waals surface area contributed by atoms with Crippen molar-refractivity contribution in [2.45, 2.75) is 84.6 Å². The molecule has 0 saturated carbocycles. The van der Waals surface area contributed by atoms with Crippen LogP contribution in [0.5, 0.6) is 23.0 Å². The van der Waals surface area contributed by atoms with Crippen molar-refractivity contribution < 1.29 is 67.2 Å². The lowest BCUT2D eigenvalue weighted by Gasteiger charge is -2.24. The highest BCUT2D eigenvalue weighted by Crippen LogP contribution is 2.43. The first kappa shape index (κ1) is 79.6. The zero-order valence-electron chi connectivity index (χ0n) is 60.3. The number of anilines is 2. The molecular formula is C75H91F3N14O11. The average molecular weight is 1420 g/mol. The van der Waals surface area contributed by atoms with Crippen LogP contribution in [0.1, 0.15) is 85.6 Å². The average Bonchev–Trinajstić information content (AvgIpc) is 1.59. The number of para-hydroxylation sites is 2. The predicted molar refractivity (Wildman–Crippen MR) is 387 cm³/mol. The van der Waals surface area contributed by atoms with E-state index in [1.54, 1.807) is 45.3 Å². The predicted octanol–water partition coefficient (Wildman–Crippen LogP) is 12.6. The summed E-state index contributed by atoms with van der Waals surface area (Å²) < 4.78 is 73.8. The Morgan fingerprint density at radius 1 is 0.641 bits per heavy atom. The quantitative estimate of drug-likeness (QED) is 0.0353. The summed E-state index contributed by atoms with van der Waals surface area (Å²) in [7, 11) is 4.98. The third-order valence-corrected chi connectivity index (χ3v) is 15.9. The Balaban J connectivity index is 0.000000251. The monoisotopic (exact) mass is 1420 g/mol. The van der Waals surface area contributed by atoms with Crippen LogP contribution in [-0.4, -0.2) is 196 Å². The third kappa shape index (κ3) is 23.9. The van der Waals surface area contributed by atoms with E-state index in [1.807, 2.05) is 150 Å². The molecule has 8 aromatic rings. The van der Waals surface area contributed by atoms with Crippen molar-refractivity contribution in [1.29, 1.82) is 10.5 Å². The molecule has 25 nitrogen and oxygen atoms in total. The van der Waals surface area contributed by atoms with Gasteiger partial charge in [0.25, 0.3) is 0 Å². The van der Waals surface area contributed by atoms with Gasteiger partial charge < -0.3 is 63.9 Å². The summed E-state index contributed by atoms with van der Waals surface area (Å²) in [6, 6.07) is 38.6. The van der Waals surface area contributed by atoms with E-state index in [4.69, 9.17) is 51.2 Å². The van der Waals surface area contributed by atoms with Gasteiger partial charge in [-0.2, -0.15) is 23.7 Å². The van der Waals surface area contributed by atoms with Gasteiger partial charge in [-0.1, -0.05) is 93.6 Å². The summed E-state index contributed by atoms with van der Waals surface area (Å²) >= 11 is 0. The second-order valence-electron chi connectivity index (χ2n) is 24.2. The van der Waals surface area contributed by atoms with Crippen molar-refractivity contribution >= 4 is 58.0 Å². The Morgan fingerprint density at radius 2 is 1.03 bits per heavy atom. The smallest absolute Gasteiger partial charge is 0.446 e. The fraction of sp³-hybridized carbons (Fsp3) is 0.387. The molecule has 10 rings (SSSR count). The second kappa shape index (κ2) is 40.6. The number of aliphatic carboxylic acids is 1. The molecule has 0 bridgehead atoms. The van der Waals surface area contributed by atoms with Gasteiger partial charge in [-0.25, -0.2) is 29.5 Å². The van der Waals surface area contributed by atoms with E-state index < -0.39 is 24.0 Å². The molecule has 0 spiro atoms. The number of alkyl halides is 3. The Hall–Kier alpha value is -10.7. The number of hydrogen-bond acceptors (Lipinski definition) is 20. The van der Waals surface area contributed by atoms with Gasteiger partial charge in [0.1, 0.15) is 87.7 Å². The summed E-state index contributed by atoms with van der Waals surface area (Å²) in [6.45, 7) is 18.4. The van der Waals surface area contributed by atoms with Crippen LogP contribution >= 0.6 is 0 Å². The van der Waals surface area contributed by atoms with Crippen molar-refractivity contribution in [1.82, 2.24) is 48.7 Å². The maximum atomic E-state index is 13.1. The van der Waals surface area contributed by atoms with Crippen molar-refractivity contribution in [2.24, 2.45) is 0 Å². The maximum absolute atomic E-state index is 13.1. The first-order chi connectivity index (χ1) is 50.0. The van der Waals surface area contributed by atoms with E-state index in [1.165, 1.54) is 12.7 Å². The van der Waals surface area contributed by atoms with Crippen molar-refractivity contribution in [3.05, 3.63) is 158 Å². The fourth-order valence-electron chi connectivity index (χ4n) is 11.3. The Labute approximate surface area is 599 Å². The Kier molecular flexibility index (Phi) is 31.4. The number of ether oxygens (including phenoxy) is 6. The summed E-state index contributed by atoms with van der Waals surface area (Å²) in [6.07, 6.45) is 5.48. The molecule has 4 aromatic heterocycles. The topological polar surface area (TPSA) is 318 Å². The van der Waals surface area contributed by atoms with Crippen LogP contribution in [0.15, 0.2) is 146 Å². The Bertz CT molecular complexity index is 4170.